The lowest BCUT2D eigenvalue weighted by atomic mass is 10.1. The molecule has 7 nitrogen and oxygen atoms in total. The Balaban J connectivity index is 1.33. The molecule has 0 spiro atoms. The standard InChI is InChI=1S/C23H21N5O2/c1-14-24-11-18(21-10-22(29)28(2)13-25-21)23(26-14)30-12-16-9-17(16)20-8-7-15-5-3-4-6-19(15)27-20/h3-8,10-11,13,16-17H,9,12H2,1-2H3. The van der Waals surface area contributed by atoms with Crippen molar-refractivity contribution < 1.29 is 4.74 Å². The van der Waals surface area contributed by atoms with Crippen molar-refractivity contribution in [3.05, 3.63) is 76.9 Å². The van der Waals surface area contributed by atoms with Crippen LogP contribution in [0, 0.1) is 12.8 Å². The predicted octanol–water partition coefficient (Wildman–Crippen LogP) is 3.28. The van der Waals surface area contributed by atoms with Gasteiger partial charge in [-0.3, -0.25) is 9.78 Å². The van der Waals surface area contributed by atoms with Crippen molar-refractivity contribution >= 4 is 10.9 Å². The van der Waals surface area contributed by atoms with E-state index < -0.39 is 0 Å². The molecule has 2 unspecified atom stereocenters. The number of hydrogen-bond donors (Lipinski definition) is 0. The number of fused-ring (bicyclic) bond motifs is 1. The summed E-state index contributed by atoms with van der Waals surface area (Å²) >= 11 is 0. The molecule has 1 aliphatic rings. The van der Waals surface area contributed by atoms with E-state index in [1.807, 2.05) is 25.1 Å². The van der Waals surface area contributed by atoms with E-state index in [0.717, 1.165) is 23.0 Å². The quantitative estimate of drug-likeness (QED) is 0.512. The number of ether oxygens (including phenoxy) is 1. The molecule has 1 aromatic carbocycles. The predicted molar refractivity (Wildman–Crippen MR) is 113 cm³/mol. The minimum Gasteiger partial charge on any atom is -0.477 e. The molecule has 150 valence electrons. The zero-order chi connectivity index (χ0) is 20.7. The second-order valence-corrected chi connectivity index (χ2v) is 7.70. The lowest BCUT2D eigenvalue weighted by Gasteiger charge is -2.11. The second-order valence-electron chi connectivity index (χ2n) is 7.70. The molecule has 0 N–H and O–H groups in total. The maximum Gasteiger partial charge on any atom is 0.253 e. The fourth-order valence-corrected chi connectivity index (χ4v) is 3.61. The second kappa shape index (κ2) is 7.33. The number of aryl methyl sites for hydroxylation is 2. The van der Waals surface area contributed by atoms with Crippen LogP contribution in [0.2, 0.25) is 0 Å². The molecule has 3 aromatic heterocycles. The first-order valence-electron chi connectivity index (χ1n) is 9.93. The highest BCUT2D eigenvalue weighted by atomic mass is 16.5. The van der Waals surface area contributed by atoms with Gasteiger partial charge < -0.3 is 9.30 Å². The average Bonchev–Trinajstić information content (AvgIpc) is 3.54. The Labute approximate surface area is 173 Å². The highest BCUT2D eigenvalue weighted by molar-refractivity contribution is 5.78. The minimum atomic E-state index is -0.142. The summed E-state index contributed by atoms with van der Waals surface area (Å²) in [6, 6.07) is 13.9. The largest absolute Gasteiger partial charge is 0.477 e. The van der Waals surface area contributed by atoms with Crippen LogP contribution in [-0.4, -0.2) is 31.1 Å². The van der Waals surface area contributed by atoms with E-state index in [1.165, 1.54) is 17.0 Å². The van der Waals surface area contributed by atoms with E-state index in [-0.39, 0.29) is 5.56 Å². The summed E-state index contributed by atoms with van der Waals surface area (Å²) < 4.78 is 7.50. The Bertz CT molecular complexity index is 1300. The lowest BCUT2D eigenvalue weighted by Crippen LogP contribution is -2.16. The molecule has 0 bridgehead atoms. The van der Waals surface area contributed by atoms with Crippen LogP contribution >= 0.6 is 0 Å². The summed E-state index contributed by atoms with van der Waals surface area (Å²) in [4.78, 5) is 29.8. The first-order chi connectivity index (χ1) is 14.6. The van der Waals surface area contributed by atoms with Crippen molar-refractivity contribution in [1.82, 2.24) is 24.5 Å². The van der Waals surface area contributed by atoms with Crippen molar-refractivity contribution in [2.24, 2.45) is 13.0 Å². The number of hydrogen-bond acceptors (Lipinski definition) is 6. The third-order valence-electron chi connectivity index (χ3n) is 5.48. The van der Waals surface area contributed by atoms with Crippen molar-refractivity contribution in [1.29, 1.82) is 0 Å². The fourth-order valence-electron chi connectivity index (χ4n) is 3.61. The van der Waals surface area contributed by atoms with Crippen LogP contribution in [-0.2, 0) is 7.05 Å². The van der Waals surface area contributed by atoms with E-state index in [2.05, 4.69) is 33.2 Å². The SMILES string of the molecule is Cc1ncc(-c2cc(=O)n(C)cn2)c(OCC2CC2c2ccc3ccccc3n2)n1. The van der Waals surface area contributed by atoms with E-state index in [1.54, 1.807) is 13.2 Å². The van der Waals surface area contributed by atoms with Crippen LogP contribution in [0.25, 0.3) is 22.2 Å². The molecule has 1 saturated carbocycles. The molecule has 3 heterocycles. The van der Waals surface area contributed by atoms with Crippen LogP contribution < -0.4 is 10.3 Å². The van der Waals surface area contributed by atoms with Gasteiger partial charge in [-0.25, -0.2) is 9.97 Å². The van der Waals surface area contributed by atoms with E-state index in [9.17, 15) is 4.79 Å². The molecule has 1 fully saturated rings. The van der Waals surface area contributed by atoms with Gasteiger partial charge in [-0.05, 0) is 25.5 Å². The summed E-state index contributed by atoms with van der Waals surface area (Å²) in [5.74, 6) is 1.85. The van der Waals surface area contributed by atoms with E-state index in [4.69, 9.17) is 9.72 Å². The van der Waals surface area contributed by atoms with Crippen molar-refractivity contribution in [2.45, 2.75) is 19.3 Å². The third kappa shape index (κ3) is 3.54. The van der Waals surface area contributed by atoms with Crippen LogP contribution in [0.15, 0.2) is 59.8 Å². The van der Waals surface area contributed by atoms with Gasteiger partial charge in [-0.2, -0.15) is 4.98 Å². The summed E-state index contributed by atoms with van der Waals surface area (Å²) in [5, 5.41) is 1.15. The first-order valence-corrected chi connectivity index (χ1v) is 9.93. The number of rotatable bonds is 5. The molecule has 0 radical (unpaired) electrons. The van der Waals surface area contributed by atoms with Crippen LogP contribution in [0.3, 0.4) is 0 Å². The number of aromatic nitrogens is 5. The lowest BCUT2D eigenvalue weighted by molar-refractivity contribution is 0.285. The highest BCUT2D eigenvalue weighted by Crippen LogP contribution is 2.47. The number of para-hydroxylation sites is 1. The smallest absolute Gasteiger partial charge is 0.253 e. The van der Waals surface area contributed by atoms with Crippen molar-refractivity contribution in [2.75, 3.05) is 6.61 Å². The van der Waals surface area contributed by atoms with Gasteiger partial charge >= 0.3 is 0 Å². The molecular formula is C23H21N5O2. The van der Waals surface area contributed by atoms with Crippen molar-refractivity contribution in [3.63, 3.8) is 0 Å². The van der Waals surface area contributed by atoms with Gasteiger partial charge in [0.2, 0.25) is 5.88 Å². The number of nitrogens with zero attached hydrogens (tertiary/aromatic N) is 5. The third-order valence-corrected chi connectivity index (χ3v) is 5.48. The molecule has 2 atom stereocenters. The van der Waals surface area contributed by atoms with Gasteiger partial charge in [0.1, 0.15) is 5.82 Å². The van der Waals surface area contributed by atoms with E-state index in [0.29, 0.717) is 41.4 Å². The number of benzene rings is 1. The van der Waals surface area contributed by atoms with Gasteiger partial charge in [-0.1, -0.05) is 24.3 Å². The molecule has 4 aromatic rings. The summed E-state index contributed by atoms with van der Waals surface area (Å²) in [5.41, 5.74) is 3.12. The van der Waals surface area contributed by atoms with E-state index >= 15 is 0 Å². The monoisotopic (exact) mass is 399 g/mol. The summed E-state index contributed by atoms with van der Waals surface area (Å²) in [6.45, 7) is 2.35. The van der Waals surface area contributed by atoms with Gasteiger partial charge in [0.05, 0.1) is 29.7 Å². The summed E-state index contributed by atoms with van der Waals surface area (Å²) in [7, 11) is 1.66. The van der Waals surface area contributed by atoms with Gasteiger partial charge in [-0.15, -0.1) is 0 Å². The molecule has 1 aliphatic carbocycles. The van der Waals surface area contributed by atoms with Gasteiger partial charge in [0, 0.05) is 42.2 Å². The molecular weight excluding hydrogens is 378 g/mol. The van der Waals surface area contributed by atoms with Crippen LogP contribution in [0.4, 0.5) is 0 Å². The topological polar surface area (TPSA) is 82.8 Å². The van der Waals surface area contributed by atoms with Crippen LogP contribution in [0.5, 0.6) is 5.88 Å². The fraction of sp³-hybridized carbons (Fsp3) is 0.261. The van der Waals surface area contributed by atoms with Gasteiger partial charge in [0.25, 0.3) is 5.56 Å². The molecule has 0 amide bonds. The summed E-state index contributed by atoms with van der Waals surface area (Å²) in [6.07, 6.45) is 4.19. The Morgan fingerprint density at radius 3 is 2.87 bits per heavy atom. The van der Waals surface area contributed by atoms with Gasteiger partial charge in [0.15, 0.2) is 0 Å². The maximum atomic E-state index is 12.0. The molecule has 7 heteroatoms. The Kier molecular flexibility index (Phi) is 4.50. The highest BCUT2D eigenvalue weighted by Gasteiger charge is 2.40. The minimum absolute atomic E-state index is 0.142. The normalized spacial score (nSPS) is 17.8. The van der Waals surface area contributed by atoms with Crippen LogP contribution in [0.1, 0.15) is 23.9 Å². The zero-order valence-electron chi connectivity index (χ0n) is 16.8. The Hall–Kier alpha value is -3.61. The van der Waals surface area contributed by atoms with Crippen molar-refractivity contribution in [3.8, 4) is 17.1 Å². The molecule has 0 saturated heterocycles. The average molecular weight is 399 g/mol. The number of pyridine rings is 1. The molecule has 5 rings (SSSR count). The maximum absolute atomic E-state index is 12.0. The Morgan fingerprint density at radius 2 is 2.00 bits per heavy atom. The molecule has 0 aliphatic heterocycles. The Morgan fingerprint density at radius 1 is 1.13 bits per heavy atom. The first kappa shape index (κ1) is 18.4. The zero-order valence-corrected chi connectivity index (χ0v) is 16.8. The molecule has 30 heavy (non-hydrogen) atoms.